The number of nitrogens with zero attached hydrogens (tertiary/aromatic N) is 1. The number of hydrogen-bond acceptors (Lipinski definition) is 6. The Morgan fingerprint density at radius 2 is 1.70 bits per heavy atom. The highest BCUT2D eigenvalue weighted by atomic mass is 32.2. The molecule has 2 aromatic rings. The molecule has 0 aliphatic heterocycles. The van der Waals surface area contributed by atoms with Crippen molar-refractivity contribution in [2.24, 2.45) is 5.73 Å². The van der Waals surface area contributed by atoms with Crippen LogP contribution >= 0.6 is 11.8 Å². The Morgan fingerprint density at radius 1 is 1.05 bits per heavy atom. The van der Waals surface area contributed by atoms with Gasteiger partial charge in [0.15, 0.2) is 0 Å². The molecule has 8 nitrogen and oxygen atoms in total. The van der Waals surface area contributed by atoms with Crippen molar-refractivity contribution in [1.29, 1.82) is 0 Å². The molecule has 0 saturated carbocycles. The number of thioether (sulfide) groups is 1. The number of aromatic hydroxyl groups is 1. The third kappa shape index (κ3) is 10.8. The van der Waals surface area contributed by atoms with Gasteiger partial charge < -0.3 is 25.8 Å². The van der Waals surface area contributed by atoms with Crippen molar-refractivity contribution >= 4 is 29.7 Å². The van der Waals surface area contributed by atoms with E-state index in [-0.39, 0.29) is 12.2 Å². The second kappa shape index (κ2) is 14.5. The monoisotopic (exact) mass is 529 g/mol. The Kier molecular flexibility index (Phi) is 11.8. The average Bonchev–Trinajstić information content (AvgIpc) is 2.83. The van der Waals surface area contributed by atoms with Crippen LogP contribution in [0.3, 0.4) is 0 Å². The van der Waals surface area contributed by atoms with Crippen molar-refractivity contribution in [3.05, 3.63) is 65.7 Å². The highest BCUT2D eigenvalue weighted by Crippen LogP contribution is 2.17. The van der Waals surface area contributed by atoms with Crippen LogP contribution in [0.5, 0.6) is 5.75 Å². The molecule has 0 bridgehead atoms. The third-order valence-electron chi connectivity index (χ3n) is 5.66. The summed E-state index contributed by atoms with van der Waals surface area (Å²) in [5.41, 5.74) is 6.88. The first-order chi connectivity index (χ1) is 17.5. The predicted octanol–water partition coefficient (Wildman–Crippen LogP) is 3.90. The summed E-state index contributed by atoms with van der Waals surface area (Å²) in [6, 6.07) is 14.5. The summed E-state index contributed by atoms with van der Waals surface area (Å²) in [5.74, 6) is -0.238. The number of nitrogens with two attached hydrogens (primary N) is 1. The predicted molar refractivity (Wildman–Crippen MR) is 147 cm³/mol. The molecule has 0 spiro atoms. The van der Waals surface area contributed by atoms with Crippen molar-refractivity contribution < 1.29 is 24.2 Å². The first kappa shape index (κ1) is 30.0. The highest BCUT2D eigenvalue weighted by Gasteiger charge is 2.34. The molecule has 0 aromatic heterocycles. The SMILES string of the molecule is CSCCC(C(N)=O)N(CCCc1ccccc1)C(=O)[C@H](Cc1ccc(O)cc1)NC(=O)OC(C)(C)C. The van der Waals surface area contributed by atoms with Gasteiger partial charge in [0.25, 0.3) is 0 Å². The molecular weight excluding hydrogens is 490 g/mol. The fourth-order valence-corrected chi connectivity index (χ4v) is 4.38. The fourth-order valence-electron chi connectivity index (χ4n) is 3.92. The highest BCUT2D eigenvalue weighted by molar-refractivity contribution is 7.98. The van der Waals surface area contributed by atoms with Crippen molar-refractivity contribution in [2.45, 2.75) is 64.1 Å². The van der Waals surface area contributed by atoms with E-state index in [1.54, 1.807) is 44.7 Å². The molecule has 9 heteroatoms. The van der Waals surface area contributed by atoms with Gasteiger partial charge in [-0.2, -0.15) is 11.8 Å². The molecule has 0 aliphatic rings. The zero-order valence-corrected chi connectivity index (χ0v) is 22.9. The standard InChI is InChI=1S/C28H39N3O5S/c1-28(2,3)36-27(35)30-23(19-21-12-14-22(32)15-13-21)26(34)31(24(25(29)33)16-18-37-4)17-8-11-20-9-6-5-7-10-20/h5-7,9-10,12-15,23-24,32H,8,11,16-19H2,1-4H3,(H2,29,33)(H,30,35)/t23-,24?/m0/s1. The van der Waals surface area contributed by atoms with Gasteiger partial charge in [0.1, 0.15) is 23.4 Å². The second-order valence-electron chi connectivity index (χ2n) is 9.89. The number of ether oxygens (including phenoxy) is 1. The van der Waals surface area contributed by atoms with Crippen LogP contribution < -0.4 is 11.1 Å². The summed E-state index contributed by atoms with van der Waals surface area (Å²) in [5, 5.41) is 12.4. The maximum absolute atomic E-state index is 14.0. The van der Waals surface area contributed by atoms with E-state index >= 15 is 0 Å². The summed E-state index contributed by atoms with van der Waals surface area (Å²) in [6.07, 6.45) is 3.11. The molecule has 37 heavy (non-hydrogen) atoms. The largest absolute Gasteiger partial charge is 0.508 e. The summed E-state index contributed by atoms with van der Waals surface area (Å²) >= 11 is 1.57. The third-order valence-corrected chi connectivity index (χ3v) is 6.30. The van der Waals surface area contributed by atoms with E-state index in [1.807, 2.05) is 36.6 Å². The number of benzene rings is 2. The number of hydrogen-bond donors (Lipinski definition) is 3. The zero-order chi connectivity index (χ0) is 27.4. The lowest BCUT2D eigenvalue weighted by atomic mass is 10.0. The number of alkyl carbamates (subject to hydrolysis) is 1. The van der Waals surface area contributed by atoms with Crippen molar-refractivity contribution in [2.75, 3.05) is 18.6 Å². The first-order valence-electron chi connectivity index (χ1n) is 12.4. The van der Waals surface area contributed by atoms with Crippen molar-refractivity contribution in [3.8, 4) is 5.75 Å². The molecule has 0 radical (unpaired) electrons. The first-order valence-corrected chi connectivity index (χ1v) is 13.8. The van der Waals surface area contributed by atoms with E-state index in [0.717, 1.165) is 17.5 Å². The maximum Gasteiger partial charge on any atom is 0.408 e. The Bertz CT molecular complexity index is 1010. The quantitative estimate of drug-likeness (QED) is 0.362. The van der Waals surface area contributed by atoms with E-state index < -0.39 is 35.6 Å². The summed E-state index contributed by atoms with van der Waals surface area (Å²) in [6.45, 7) is 5.53. The minimum Gasteiger partial charge on any atom is -0.508 e. The lowest BCUT2D eigenvalue weighted by molar-refractivity contribution is -0.141. The Hall–Kier alpha value is -3.20. The van der Waals surface area contributed by atoms with Gasteiger partial charge in [-0.3, -0.25) is 9.59 Å². The smallest absolute Gasteiger partial charge is 0.408 e. The van der Waals surface area contributed by atoms with Crippen LogP contribution in [0.2, 0.25) is 0 Å². The van der Waals surface area contributed by atoms with Crippen LogP contribution in [-0.4, -0.2) is 64.2 Å². The number of aryl methyl sites for hydroxylation is 1. The minimum atomic E-state index is -0.993. The van der Waals surface area contributed by atoms with Gasteiger partial charge in [0.2, 0.25) is 11.8 Å². The van der Waals surface area contributed by atoms with Crippen molar-refractivity contribution in [1.82, 2.24) is 10.2 Å². The molecule has 0 heterocycles. The van der Waals surface area contributed by atoms with Crippen LogP contribution in [0.1, 0.15) is 44.7 Å². The molecule has 0 saturated heterocycles. The van der Waals surface area contributed by atoms with Crippen molar-refractivity contribution in [3.63, 3.8) is 0 Å². The van der Waals surface area contributed by atoms with Gasteiger partial charge in [-0.05, 0) is 75.3 Å². The van der Waals surface area contributed by atoms with Crippen LogP contribution in [0.25, 0.3) is 0 Å². The molecule has 2 aromatic carbocycles. The number of amides is 3. The number of phenolic OH excluding ortho intramolecular Hbond substituents is 1. The van der Waals surface area contributed by atoms with E-state index in [2.05, 4.69) is 5.32 Å². The number of nitrogens with one attached hydrogen (secondary N) is 1. The molecule has 202 valence electrons. The van der Waals surface area contributed by atoms with E-state index in [4.69, 9.17) is 10.5 Å². The van der Waals surface area contributed by atoms with Gasteiger partial charge in [-0.1, -0.05) is 42.5 Å². The topological polar surface area (TPSA) is 122 Å². The maximum atomic E-state index is 14.0. The molecule has 1 unspecified atom stereocenters. The number of rotatable bonds is 13. The van der Waals surface area contributed by atoms with E-state index in [9.17, 15) is 19.5 Å². The van der Waals surface area contributed by atoms with Gasteiger partial charge in [-0.25, -0.2) is 4.79 Å². The van der Waals surface area contributed by atoms with Gasteiger partial charge in [0.05, 0.1) is 0 Å². The summed E-state index contributed by atoms with van der Waals surface area (Å²) < 4.78 is 5.41. The molecular formula is C28H39N3O5S. The van der Waals surface area contributed by atoms with Crippen LogP contribution in [0, 0.1) is 0 Å². The Morgan fingerprint density at radius 3 is 2.27 bits per heavy atom. The molecule has 2 atom stereocenters. The molecule has 0 aliphatic carbocycles. The molecule has 2 rings (SSSR count). The zero-order valence-electron chi connectivity index (χ0n) is 22.1. The van der Waals surface area contributed by atoms with Gasteiger partial charge >= 0.3 is 6.09 Å². The normalized spacial score (nSPS) is 12.9. The molecule has 3 amide bonds. The lowest BCUT2D eigenvalue weighted by Crippen LogP contribution is -2.56. The molecule has 4 N–H and O–H groups in total. The Balaban J connectivity index is 2.33. The van der Waals surface area contributed by atoms with E-state index in [0.29, 0.717) is 25.1 Å². The van der Waals surface area contributed by atoms with Crippen LogP contribution in [0.15, 0.2) is 54.6 Å². The van der Waals surface area contributed by atoms with E-state index in [1.165, 1.54) is 17.0 Å². The van der Waals surface area contributed by atoms with Crippen LogP contribution in [-0.2, 0) is 27.2 Å². The lowest BCUT2D eigenvalue weighted by Gasteiger charge is -2.33. The summed E-state index contributed by atoms with van der Waals surface area (Å²) in [4.78, 5) is 40.6. The minimum absolute atomic E-state index is 0.0973. The van der Waals surface area contributed by atoms with Gasteiger partial charge in [0, 0.05) is 13.0 Å². The molecule has 0 fully saturated rings. The number of carbonyl (C=O) groups is 3. The number of carbonyl (C=O) groups excluding carboxylic acids is 3. The Labute approximate surface area is 223 Å². The number of phenols is 1. The van der Waals surface area contributed by atoms with Gasteiger partial charge in [-0.15, -0.1) is 0 Å². The van der Waals surface area contributed by atoms with Crippen LogP contribution in [0.4, 0.5) is 4.79 Å². The number of primary amides is 1. The summed E-state index contributed by atoms with van der Waals surface area (Å²) in [7, 11) is 0. The second-order valence-corrected chi connectivity index (χ2v) is 10.9. The fraction of sp³-hybridized carbons (Fsp3) is 0.464. The average molecular weight is 530 g/mol.